The van der Waals surface area contributed by atoms with Gasteiger partial charge in [-0.3, -0.25) is 14.3 Å². The predicted molar refractivity (Wildman–Crippen MR) is 64.9 cm³/mol. The van der Waals surface area contributed by atoms with E-state index in [1.54, 1.807) is 0 Å². The Hall–Kier alpha value is -2.09. The molecule has 0 unspecified atom stereocenters. The van der Waals surface area contributed by atoms with E-state index in [1.807, 2.05) is 0 Å². The molecule has 0 bridgehead atoms. The van der Waals surface area contributed by atoms with Crippen LogP contribution in [0.2, 0.25) is 0 Å². The summed E-state index contributed by atoms with van der Waals surface area (Å²) in [7, 11) is -3.36. The highest BCUT2D eigenvalue weighted by Crippen LogP contribution is 2.10. The van der Waals surface area contributed by atoms with E-state index in [-0.39, 0.29) is 5.56 Å². The fourth-order valence-corrected chi connectivity index (χ4v) is 1.73. The van der Waals surface area contributed by atoms with Crippen molar-refractivity contribution in [3.8, 4) is 0 Å². The van der Waals surface area contributed by atoms with Crippen LogP contribution >= 0.6 is 0 Å². The van der Waals surface area contributed by atoms with Crippen molar-refractivity contribution in [1.29, 1.82) is 0 Å². The molecule has 18 heavy (non-hydrogen) atoms. The molecular weight excluding hydrogens is 260 g/mol. The van der Waals surface area contributed by atoms with Crippen LogP contribution in [0.4, 0.5) is 5.69 Å². The van der Waals surface area contributed by atoms with Crippen molar-refractivity contribution in [3.05, 3.63) is 29.8 Å². The zero-order chi connectivity index (χ0) is 13.8. The summed E-state index contributed by atoms with van der Waals surface area (Å²) in [5, 5.41) is 10.6. The summed E-state index contributed by atoms with van der Waals surface area (Å²) in [6, 6.07) is 5.61. The van der Waals surface area contributed by atoms with E-state index >= 15 is 0 Å². The fourth-order valence-electron chi connectivity index (χ4n) is 1.16. The van der Waals surface area contributed by atoms with Gasteiger partial charge in [-0.15, -0.1) is 0 Å². The molecule has 0 radical (unpaired) electrons. The molecule has 0 heterocycles. The number of nitrogens with one attached hydrogen (secondary N) is 2. The number of hydrogen-bond donors (Lipinski definition) is 3. The smallest absolute Gasteiger partial charge is 0.322 e. The quantitative estimate of drug-likeness (QED) is 0.691. The molecule has 8 heteroatoms. The first-order valence-corrected chi connectivity index (χ1v) is 6.75. The molecule has 0 aromatic heterocycles. The van der Waals surface area contributed by atoms with E-state index in [0.29, 0.717) is 5.69 Å². The number of hydrogen-bond acceptors (Lipinski definition) is 4. The lowest BCUT2D eigenvalue weighted by Crippen LogP contribution is -2.29. The molecule has 0 spiro atoms. The third-order valence-corrected chi connectivity index (χ3v) is 2.46. The van der Waals surface area contributed by atoms with Crippen molar-refractivity contribution >= 4 is 27.6 Å². The van der Waals surface area contributed by atoms with Crippen LogP contribution in [-0.4, -0.2) is 38.2 Å². The second-order valence-corrected chi connectivity index (χ2v) is 5.28. The topological polar surface area (TPSA) is 113 Å². The maximum atomic E-state index is 11.4. The molecule has 0 atom stereocenters. The van der Waals surface area contributed by atoms with E-state index in [2.05, 4.69) is 10.0 Å². The van der Waals surface area contributed by atoms with Gasteiger partial charge >= 0.3 is 5.97 Å². The third-order valence-electron chi connectivity index (χ3n) is 1.85. The van der Waals surface area contributed by atoms with E-state index in [1.165, 1.54) is 24.3 Å². The molecule has 7 nitrogen and oxygen atoms in total. The molecule has 0 aliphatic heterocycles. The first-order valence-electron chi connectivity index (χ1n) is 4.86. The number of sulfonamides is 1. The van der Waals surface area contributed by atoms with Gasteiger partial charge in [-0.1, -0.05) is 0 Å². The van der Waals surface area contributed by atoms with Crippen molar-refractivity contribution in [2.75, 3.05) is 17.5 Å². The minimum Gasteiger partial charge on any atom is -0.480 e. The highest BCUT2D eigenvalue weighted by Gasteiger charge is 2.07. The molecular formula is C10H12N2O5S. The maximum Gasteiger partial charge on any atom is 0.322 e. The summed E-state index contributed by atoms with van der Waals surface area (Å²) < 4.78 is 24.1. The first-order chi connectivity index (χ1) is 8.28. The lowest BCUT2D eigenvalue weighted by atomic mass is 10.2. The molecule has 3 N–H and O–H groups in total. The van der Waals surface area contributed by atoms with Gasteiger partial charge < -0.3 is 10.4 Å². The Morgan fingerprint density at radius 3 is 2.22 bits per heavy atom. The Labute approximate surface area is 104 Å². The molecule has 0 aliphatic rings. The lowest BCUT2D eigenvalue weighted by Gasteiger charge is -2.05. The zero-order valence-corrected chi connectivity index (χ0v) is 10.3. The van der Waals surface area contributed by atoms with Gasteiger partial charge in [-0.25, -0.2) is 8.42 Å². The van der Waals surface area contributed by atoms with Crippen LogP contribution in [0.1, 0.15) is 10.4 Å². The molecule has 1 rings (SSSR count). The van der Waals surface area contributed by atoms with Crippen LogP contribution < -0.4 is 10.0 Å². The van der Waals surface area contributed by atoms with Crippen molar-refractivity contribution in [1.82, 2.24) is 5.32 Å². The van der Waals surface area contributed by atoms with Crippen LogP contribution in [0.15, 0.2) is 24.3 Å². The summed E-state index contributed by atoms with van der Waals surface area (Å²) >= 11 is 0. The summed E-state index contributed by atoms with van der Waals surface area (Å²) in [6.45, 7) is -0.470. The number of anilines is 1. The number of carbonyl (C=O) groups is 2. The highest BCUT2D eigenvalue weighted by molar-refractivity contribution is 7.92. The first kappa shape index (κ1) is 14.0. The average molecular weight is 272 g/mol. The van der Waals surface area contributed by atoms with Gasteiger partial charge in [-0.2, -0.15) is 0 Å². The Morgan fingerprint density at radius 1 is 1.22 bits per heavy atom. The van der Waals surface area contributed by atoms with Gasteiger partial charge in [0.25, 0.3) is 5.91 Å². The Balaban J connectivity index is 2.71. The van der Waals surface area contributed by atoms with Gasteiger partial charge in [0.2, 0.25) is 10.0 Å². The Morgan fingerprint density at radius 2 is 1.78 bits per heavy atom. The fraction of sp³-hybridized carbons (Fsp3) is 0.200. The Bertz CT molecular complexity index is 550. The largest absolute Gasteiger partial charge is 0.480 e. The van der Waals surface area contributed by atoms with Crippen LogP contribution in [0, 0.1) is 0 Å². The number of aliphatic carboxylic acids is 1. The Kier molecular flexibility index (Phi) is 4.27. The molecule has 1 aromatic carbocycles. The number of amides is 1. The predicted octanol–water partition coefficient (Wildman–Crippen LogP) is -0.128. The summed E-state index contributed by atoms with van der Waals surface area (Å²) in [4.78, 5) is 21.7. The van der Waals surface area contributed by atoms with Gasteiger partial charge in [0.15, 0.2) is 0 Å². The van der Waals surface area contributed by atoms with Gasteiger partial charge in [0, 0.05) is 11.3 Å². The van der Waals surface area contributed by atoms with Crippen molar-refractivity contribution in [2.45, 2.75) is 0 Å². The van der Waals surface area contributed by atoms with E-state index in [4.69, 9.17) is 5.11 Å². The minimum atomic E-state index is -3.36. The number of carbonyl (C=O) groups excluding carboxylic acids is 1. The molecule has 98 valence electrons. The van der Waals surface area contributed by atoms with Crippen molar-refractivity contribution in [3.63, 3.8) is 0 Å². The van der Waals surface area contributed by atoms with Crippen LogP contribution in [0.5, 0.6) is 0 Å². The number of rotatable bonds is 5. The van der Waals surface area contributed by atoms with Crippen LogP contribution in [0.25, 0.3) is 0 Å². The highest BCUT2D eigenvalue weighted by atomic mass is 32.2. The third kappa shape index (κ3) is 4.83. The van der Waals surface area contributed by atoms with Crippen molar-refractivity contribution in [2.24, 2.45) is 0 Å². The summed E-state index contributed by atoms with van der Waals surface area (Å²) in [6.07, 6.45) is 1.01. The van der Waals surface area contributed by atoms with Gasteiger partial charge in [0.05, 0.1) is 6.26 Å². The standard InChI is InChI=1S/C10H12N2O5S/c1-18(16,17)12-8-4-2-7(3-5-8)10(15)11-6-9(13)14/h2-5,12H,6H2,1H3,(H,11,15)(H,13,14). The van der Waals surface area contributed by atoms with Crippen LogP contribution in [-0.2, 0) is 14.8 Å². The number of carboxylic acid groups (broad SMARTS) is 1. The molecule has 0 fully saturated rings. The SMILES string of the molecule is CS(=O)(=O)Nc1ccc(C(=O)NCC(=O)O)cc1. The minimum absolute atomic E-state index is 0.246. The molecule has 1 aromatic rings. The molecule has 1 amide bonds. The number of carboxylic acids is 1. The van der Waals surface area contributed by atoms with E-state index < -0.39 is 28.4 Å². The molecule has 0 saturated carbocycles. The molecule has 0 saturated heterocycles. The zero-order valence-electron chi connectivity index (χ0n) is 9.50. The normalized spacial score (nSPS) is 10.7. The monoisotopic (exact) mass is 272 g/mol. The van der Waals surface area contributed by atoms with Gasteiger partial charge in [-0.05, 0) is 24.3 Å². The van der Waals surface area contributed by atoms with E-state index in [0.717, 1.165) is 6.26 Å². The second kappa shape index (κ2) is 5.50. The van der Waals surface area contributed by atoms with Gasteiger partial charge in [0.1, 0.15) is 6.54 Å². The van der Waals surface area contributed by atoms with Crippen molar-refractivity contribution < 1.29 is 23.1 Å². The lowest BCUT2D eigenvalue weighted by molar-refractivity contribution is -0.135. The summed E-state index contributed by atoms with van der Waals surface area (Å²) in [5.41, 5.74) is 0.572. The maximum absolute atomic E-state index is 11.4. The van der Waals surface area contributed by atoms with Crippen LogP contribution in [0.3, 0.4) is 0 Å². The second-order valence-electron chi connectivity index (χ2n) is 3.53. The summed E-state index contributed by atoms with van der Waals surface area (Å²) in [5.74, 6) is -1.68. The average Bonchev–Trinajstić information content (AvgIpc) is 2.24. The molecule has 0 aliphatic carbocycles. The van der Waals surface area contributed by atoms with E-state index in [9.17, 15) is 18.0 Å². The number of benzene rings is 1.